The average Bonchev–Trinajstić information content (AvgIpc) is 4.19. The van der Waals surface area contributed by atoms with Gasteiger partial charge in [-0.1, -0.05) is 58.0 Å². The monoisotopic (exact) mass is 1050 g/mol. The third-order valence-electron chi connectivity index (χ3n) is 13.8. The highest BCUT2D eigenvalue weighted by molar-refractivity contribution is 5.99. The number of carboxylic acid groups (broad SMARTS) is 2. The van der Waals surface area contributed by atoms with E-state index in [1.165, 1.54) is 23.6 Å². The Kier molecular flexibility index (Phi) is 23.9. The van der Waals surface area contributed by atoms with Gasteiger partial charge >= 0.3 is 11.9 Å². The number of likely N-dealkylation sites (tertiary alicyclic amines) is 2. The molecule has 3 aliphatic heterocycles. The first-order valence-corrected chi connectivity index (χ1v) is 26.2. The normalized spacial score (nSPS) is 20.1. The molecule has 4 rings (SSSR count). The molecule has 10 atom stereocenters. The van der Waals surface area contributed by atoms with E-state index < -0.39 is 138 Å². The molecule has 3 aliphatic rings. The number of carbonyl (C=O) groups is 11. The first-order valence-electron chi connectivity index (χ1n) is 26.2. The van der Waals surface area contributed by atoms with Gasteiger partial charge in [-0.15, -0.1) is 0 Å². The van der Waals surface area contributed by atoms with Crippen molar-refractivity contribution in [2.45, 2.75) is 179 Å². The zero-order valence-electron chi connectivity index (χ0n) is 44.0. The molecule has 416 valence electrons. The molecule has 0 aromatic heterocycles. The fraction of sp³-hybridized carbons (Fsp3) is 0.667. The predicted octanol–water partition coefficient (Wildman–Crippen LogP) is -1.21. The fourth-order valence-corrected chi connectivity index (χ4v) is 9.39. The lowest BCUT2D eigenvalue weighted by atomic mass is 9.99. The summed E-state index contributed by atoms with van der Waals surface area (Å²) in [4.78, 5) is 150. The molecule has 24 nitrogen and oxygen atoms in total. The SMILES string of the molecule is CC(C)[C@H](NC(=O)[C@H](Cc1ccccc1)NC(=O)[C@@H]1CCCN1C(=O)[C@@H](NC(=O)[C@@H]1CCCN1C(=O)[C@H](CCC(=O)O)NC(=O)[C@H](C)NC(=O)[C@H](C)NC(=O)[C@@H]1CCCN1)C(C)C)C(=O)N[C@@H](CCCCN)C(=O)O. The average molecular weight is 1050 g/mol. The highest BCUT2D eigenvalue weighted by atomic mass is 16.4. The summed E-state index contributed by atoms with van der Waals surface area (Å²) < 4.78 is 0. The maximum Gasteiger partial charge on any atom is 0.326 e. The number of nitrogens with two attached hydrogens (primary N) is 1. The van der Waals surface area contributed by atoms with E-state index in [9.17, 15) is 63.0 Å². The number of unbranched alkanes of at least 4 members (excludes halogenated alkanes) is 1. The first kappa shape index (κ1) is 60.9. The lowest BCUT2D eigenvalue weighted by molar-refractivity contribution is -0.145. The lowest BCUT2D eigenvalue weighted by Gasteiger charge is -2.33. The molecule has 3 fully saturated rings. The van der Waals surface area contributed by atoms with Crippen LogP contribution in [-0.4, -0.2) is 172 Å². The number of carbonyl (C=O) groups excluding carboxylic acids is 9. The second-order valence-corrected chi connectivity index (χ2v) is 20.4. The third-order valence-corrected chi connectivity index (χ3v) is 13.8. The molecule has 0 radical (unpaired) electrons. The summed E-state index contributed by atoms with van der Waals surface area (Å²) in [6.45, 7) is 10.8. The molecule has 1 aromatic rings. The topological polar surface area (TPSA) is 357 Å². The fourth-order valence-electron chi connectivity index (χ4n) is 9.39. The zero-order valence-corrected chi connectivity index (χ0v) is 44.0. The van der Waals surface area contributed by atoms with Crippen molar-refractivity contribution in [3.05, 3.63) is 35.9 Å². The predicted molar refractivity (Wildman–Crippen MR) is 273 cm³/mol. The van der Waals surface area contributed by atoms with Crippen LogP contribution in [0.25, 0.3) is 0 Å². The van der Waals surface area contributed by atoms with E-state index in [4.69, 9.17) is 5.73 Å². The molecule has 3 saturated heterocycles. The Balaban J connectivity index is 1.45. The van der Waals surface area contributed by atoms with Crippen LogP contribution >= 0.6 is 0 Å². The van der Waals surface area contributed by atoms with E-state index >= 15 is 0 Å². The van der Waals surface area contributed by atoms with Crippen molar-refractivity contribution in [3.8, 4) is 0 Å². The maximum absolute atomic E-state index is 14.5. The Morgan fingerprint density at radius 2 is 1.16 bits per heavy atom. The van der Waals surface area contributed by atoms with Crippen LogP contribution in [0.5, 0.6) is 0 Å². The second kappa shape index (κ2) is 29.4. The molecule has 0 saturated carbocycles. The van der Waals surface area contributed by atoms with Gasteiger partial charge in [-0.2, -0.15) is 0 Å². The minimum Gasteiger partial charge on any atom is -0.481 e. The van der Waals surface area contributed by atoms with Crippen LogP contribution in [-0.2, 0) is 59.2 Å². The lowest BCUT2D eigenvalue weighted by Crippen LogP contribution is -2.61. The smallest absolute Gasteiger partial charge is 0.326 e. The zero-order chi connectivity index (χ0) is 55.5. The van der Waals surface area contributed by atoms with Crippen molar-refractivity contribution < 1.29 is 63.0 Å². The van der Waals surface area contributed by atoms with E-state index in [0.717, 1.165) is 6.42 Å². The van der Waals surface area contributed by atoms with E-state index in [2.05, 4.69) is 42.5 Å². The van der Waals surface area contributed by atoms with Crippen LogP contribution in [0.15, 0.2) is 30.3 Å². The molecule has 75 heavy (non-hydrogen) atoms. The van der Waals surface area contributed by atoms with Crippen LogP contribution in [0.2, 0.25) is 0 Å². The van der Waals surface area contributed by atoms with Crippen molar-refractivity contribution in [2.24, 2.45) is 17.6 Å². The van der Waals surface area contributed by atoms with Crippen molar-refractivity contribution in [1.29, 1.82) is 0 Å². The van der Waals surface area contributed by atoms with E-state index in [0.29, 0.717) is 50.8 Å². The highest BCUT2D eigenvalue weighted by Gasteiger charge is 2.43. The van der Waals surface area contributed by atoms with Gasteiger partial charge in [0, 0.05) is 25.9 Å². The number of carboxylic acids is 2. The summed E-state index contributed by atoms with van der Waals surface area (Å²) in [5.74, 6) is -9.44. The Labute approximate surface area is 437 Å². The number of hydrogen-bond donors (Lipinski definition) is 11. The largest absolute Gasteiger partial charge is 0.481 e. The van der Waals surface area contributed by atoms with E-state index in [1.807, 2.05) is 0 Å². The quantitative estimate of drug-likeness (QED) is 0.0439. The Morgan fingerprint density at radius 1 is 0.587 bits per heavy atom. The van der Waals surface area contributed by atoms with Gasteiger partial charge in [-0.3, -0.25) is 47.9 Å². The number of nitrogens with zero attached hydrogens (tertiary/aromatic N) is 2. The van der Waals surface area contributed by atoms with Crippen molar-refractivity contribution in [2.75, 3.05) is 26.2 Å². The van der Waals surface area contributed by atoms with Gasteiger partial charge in [0.05, 0.1) is 6.04 Å². The van der Waals surface area contributed by atoms with Gasteiger partial charge in [-0.05, 0) is 109 Å². The van der Waals surface area contributed by atoms with E-state index in [1.54, 1.807) is 58.0 Å². The van der Waals surface area contributed by atoms with Gasteiger partial charge in [0.2, 0.25) is 53.2 Å². The van der Waals surface area contributed by atoms with Crippen LogP contribution in [0, 0.1) is 11.8 Å². The third kappa shape index (κ3) is 18.0. The summed E-state index contributed by atoms with van der Waals surface area (Å²) in [7, 11) is 0. The Morgan fingerprint density at radius 3 is 1.72 bits per heavy atom. The summed E-state index contributed by atoms with van der Waals surface area (Å²) >= 11 is 0. The molecule has 3 heterocycles. The molecular formula is C51H79N11O13. The molecule has 1 aromatic carbocycles. The minimum absolute atomic E-state index is 0.00119. The van der Waals surface area contributed by atoms with Crippen LogP contribution in [0.1, 0.15) is 118 Å². The molecule has 0 spiro atoms. The van der Waals surface area contributed by atoms with Gasteiger partial charge in [0.15, 0.2) is 0 Å². The molecule has 24 heteroatoms. The van der Waals surface area contributed by atoms with Crippen molar-refractivity contribution >= 4 is 65.1 Å². The van der Waals surface area contributed by atoms with Crippen LogP contribution < -0.4 is 48.3 Å². The number of nitrogens with one attached hydrogen (secondary N) is 8. The van der Waals surface area contributed by atoms with Crippen LogP contribution in [0.4, 0.5) is 0 Å². The van der Waals surface area contributed by atoms with Crippen molar-refractivity contribution in [3.63, 3.8) is 0 Å². The summed E-state index contributed by atoms with van der Waals surface area (Å²) in [6, 6.07) is -2.27. The number of rotatable bonds is 28. The standard InChI is InChI=1S/C51H79N11O13/c1-28(2)40(48(71)57-35(51(74)75)17-10-11-23-52)59-45(68)36(27-32-15-8-7-9-16-32)58-46(69)37-19-14-26-62(37)50(73)41(29(3)4)60-47(70)38-20-13-25-61(38)49(72)34(21-22-39(63)64)56-43(66)31(6)54-42(65)30(5)55-44(67)33-18-12-24-53-33/h7-9,15-16,28-31,33-38,40-41,53H,10-14,17-27,52H2,1-6H3,(H,54,65)(H,55,67)(H,56,66)(H,57,71)(H,58,69)(H,59,68)(H,60,70)(H,63,64)(H,74,75)/t30-,31-,33-,34-,35-,36-,37-,38-,40-,41-/m0/s1. The number of benzene rings is 1. The minimum atomic E-state index is -1.42. The number of aliphatic carboxylic acids is 2. The van der Waals surface area contributed by atoms with E-state index in [-0.39, 0.29) is 51.1 Å². The maximum atomic E-state index is 14.5. The molecule has 0 aliphatic carbocycles. The summed E-state index contributed by atoms with van der Waals surface area (Å²) in [5.41, 5.74) is 6.24. The summed E-state index contributed by atoms with van der Waals surface area (Å²) in [6.07, 6.45) is 2.88. The molecule has 9 amide bonds. The Hall–Kier alpha value is -6.69. The van der Waals surface area contributed by atoms with Gasteiger partial charge in [-0.25, -0.2) is 4.79 Å². The summed E-state index contributed by atoms with van der Waals surface area (Å²) in [5, 5.41) is 40.8. The number of amides is 9. The number of hydrogen-bond acceptors (Lipinski definition) is 13. The molecule has 0 unspecified atom stereocenters. The van der Waals surface area contributed by atoms with Gasteiger partial charge in [0.1, 0.15) is 54.4 Å². The molecule has 0 bridgehead atoms. The highest BCUT2D eigenvalue weighted by Crippen LogP contribution is 2.24. The van der Waals surface area contributed by atoms with Crippen molar-refractivity contribution in [1.82, 2.24) is 52.3 Å². The molecular weight excluding hydrogens is 975 g/mol. The first-order chi connectivity index (χ1) is 35.5. The van der Waals surface area contributed by atoms with Crippen LogP contribution in [0.3, 0.4) is 0 Å². The second-order valence-electron chi connectivity index (χ2n) is 20.4. The Bertz CT molecular complexity index is 2190. The van der Waals surface area contributed by atoms with Gasteiger partial charge < -0.3 is 68.3 Å². The van der Waals surface area contributed by atoms with Gasteiger partial charge in [0.25, 0.3) is 0 Å². The molecule has 12 N–H and O–H groups in total.